The van der Waals surface area contributed by atoms with Crippen LogP contribution in [-0.4, -0.2) is 61.4 Å². The van der Waals surface area contributed by atoms with Gasteiger partial charge in [-0.3, -0.25) is 14.4 Å². The molecule has 0 aliphatic carbocycles. The second-order valence-corrected chi connectivity index (χ2v) is 8.85. The zero-order valence-electron chi connectivity index (χ0n) is 17.1. The van der Waals surface area contributed by atoms with Crippen molar-refractivity contribution in [3.63, 3.8) is 0 Å². The summed E-state index contributed by atoms with van der Waals surface area (Å²) in [4.78, 5) is 38.3. The van der Waals surface area contributed by atoms with Crippen molar-refractivity contribution >= 4 is 17.7 Å². The summed E-state index contributed by atoms with van der Waals surface area (Å²) in [5.74, 6) is 0.577. The van der Waals surface area contributed by atoms with Gasteiger partial charge in [0.15, 0.2) is 0 Å². The monoisotopic (exact) mass is 380 g/mol. The molecule has 7 nitrogen and oxygen atoms in total. The number of hydrogen-bond donors (Lipinski definition) is 3. The summed E-state index contributed by atoms with van der Waals surface area (Å²) in [6.45, 7) is 9.23. The lowest BCUT2D eigenvalue weighted by molar-refractivity contribution is -0.133. The quantitative estimate of drug-likeness (QED) is 0.576. The highest BCUT2D eigenvalue weighted by Crippen LogP contribution is 2.17. The Kier molecular flexibility index (Phi) is 8.07. The van der Waals surface area contributed by atoms with Crippen molar-refractivity contribution in [2.75, 3.05) is 32.7 Å². The molecular formula is C20H36N4O3. The Balaban J connectivity index is 1.64. The molecule has 0 spiro atoms. The molecule has 0 aromatic heterocycles. The lowest BCUT2D eigenvalue weighted by Gasteiger charge is -2.33. The Labute approximate surface area is 163 Å². The average molecular weight is 381 g/mol. The first-order chi connectivity index (χ1) is 12.8. The summed E-state index contributed by atoms with van der Waals surface area (Å²) in [6, 6.07) is -0.0466. The number of carbonyl (C=O) groups excluding carboxylic acids is 3. The van der Waals surface area contributed by atoms with Crippen LogP contribution in [0.3, 0.4) is 0 Å². The van der Waals surface area contributed by atoms with Crippen LogP contribution in [-0.2, 0) is 14.4 Å². The molecule has 2 fully saturated rings. The number of nitrogens with zero attached hydrogens (tertiary/aromatic N) is 1. The predicted octanol–water partition coefficient (Wildman–Crippen LogP) is 1.04. The highest BCUT2D eigenvalue weighted by molar-refractivity contribution is 5.82. The van der Waals surface area contributed by atoms with Crippen LogP contribution in [0, 0.1) is 11.3 Å². The SMILES string of the molecule is CC(C)(C)C(=O)NCCCC(=O)N1CCCC(CNC(=O)C2CCCN2)C1. The molecule has 2 aliphatic rings. The molecule has 154 valence electrons. The molecule has 0 aromatic carbocycles. The molecule has 2 unspecified atom stereocenters. The van der Waals surface area contributed by atoms with Gasteiger partial charge in [0.05, 0.1) is 6.04 Å². The largest absolute Gasteiger partial charge is 0.356 e. The maximum atomic E-state index is 12.4. The van der Waals surface area contributed by atoms with Crippen molar-refractivity contribution in [3.05, 3.63) is 0 Å². The van der Waals surface area contributed by atoms with Crippen LogP contribution in [0.4, 0.5) is 0 Å². The van der Waals surface area contributed by atoms with Crippen LogP contribution in [0.25, 0.3) is 0 Å². The van der Waals surface area contributed by atoms with Crippen molar-refractivity contribution in [3.8, 4) is 0 Å². The smallest absolute Gasteiger partial charge is 0.237 e. The molecule has 0 aromatic rings. The fourth-order valence-electron chi connectivity index (χ4n) is 3.60. The minimum atomic E-state index is -0.400. The molecular weight excluding hydrogens is 344 g/mol. The van der Waals surface area contributed by atoms with Gasteiger partial charge in [-0.05, 0) is 44.6 Å². The lowest BCUT2D eigenvalue weighted by atomic mass is 9.95. The number of likely N-dealkylation sites (tertiary alicyclic amines) is 1. The van der Waals surface area contributed by atoms with E-state index in [2.05, 4.69) is 16.0 Å². The minimum absolute atomic E-state index is 0.0143. The molecule has 0 radical (unpaired) electrons. The van der Waals surface area contributed by atoms with E-state index in [9.17, 15) is 14.4 Å². The van der Waals surface area contributed by atoms with Gasteiger partial charge < -0.3 is 20.9 Å². The number of nitrogens with one attached hydrogen (secondary N) is 3. The van der Waals surface area contributed by atoms with Crippen LogP contribution in [0.15, 0.2) is 0 Å². The van der Waals surface area contributed by atoms with E-state index in [1.165, 1.54) is 0 Å². The fourth-order valence-corrected chi connectivity index (χ4v) is 3.60. The van der Waals surface area contributed by atoms with Crippen LogP contribution in [0.5, 0.6) is 0 Å². The van der Waals surface area contributed by atoms with Crippen molar-refractivity contribution < 1.29 is 14.4 Å². The zero-order valence-corrected chi connectivity index (χ0v) is 17.1. The molecule has 2 rings (SSSR count). The van der Waals surface area contributed by atoms with Crippen molar-refractivity contribution in [2.45, 2.75) is 65.3 Å². The van der Waals surface area contributed by atoms with E-state index >= 15 is 0 Å². The van der Waals surface area contributed by atoms with Gasteiger partial charge in [-0.1, -0.05) is 20.8 Å². The van der Waals surface area contributed by atoms with Gasteiger partial charge in [-0.25, -0.2) is 0 Å². The zero-order chi connectivity index (χ0) is 19.9. The van der Waals surface area contributed by atoms with E-state index in [1.807, 2.05) is 25.7 Å². The molecule has 2 atom stereocenters. The number of carbonyl (C=O) groups is 3. The first-order valence-corrected chi connectivity index (χ1v) is 10.3. The third-order valence-corrected chi connectivity index (χ3v) is 5.35. The van der Waals surface area contributed by atoms with Crippen LogP contribution in [0.2, 0.25) is 0 Å². The van der Waals surface area contributed by atoms with Crippen LogP contribution in [0.1, 0.15) is 59.3 Å². The molecule has 7 heteroatoms. The predicted molar refractivity (Wildman–Crippen MR) is 105 cm³/mol. The summed E-state index contributed by atoms with van der Waals surface area (Å²) in [6.07, 6.45) is 5.10. The molecule has 2 heterocycles. The third-order valence-electron chi connectivity index (χ3n) is 5.35. The average Bonchev–Trinajstić information content (AvgIpc) is 3.17. The van der Waals surface area contributed by atoms with E-state index in [0.29, 0.717) is 38.4 Å². The summed E-state index contributed by atoms with van der Waals surface area (Å²) in [5, 5.41) is 9.14. The number of hydrogen-bond acceptors (Lipinski definition) is 4. The Hall–Kier alpha value is -1.63. The third kappa shape index (κ3) is 7.13. The second kappa shape index (κ2) is 10.1. The molecule has 2 aliphatic heterocycles. The Morgan fingerprint density at radius 3 is 2.56 bits per heavy atom. The maximum Gasteiger partial charge on any atom is 0.237 e. The van der Waals surface area contributed by atoms with Crippen LogP contribution < -0.4 is 16.0 Å². The van der Waals surface area contributed by atoms with Crippen molar-refractivity contribution in [2.24, 2.45) is 11.3 Å². The summed E-state index contributed by atoms with van der Waals surface area (Å²) >= 11 is 0. The number of rotatable bonds is 7. The number of amides is 3. The van der Waals surface area contributed by atoms with Crippen molar-refractivity contribution in [1.82, 2.24) is 20.9 Å². The fraction of sp³-hybridized carbons (Fsp3) is 0.850. The lowest BCUT2D eigenvalue weighted by Crippen LogP contribution is -2.46. The van der Waals surface area contributed by atoms with E-state index in [1.54, 1.807) is 0 Å². The van der Waals surface area contributed by atoms with Gasteiger partial charge in [-0.15, -0.1) is 0 Å². The summed E-state index contributed by atoms with van der Waals surface area (Å²) in [7, 11) is 0. The Morgan fingerprint density at radius 1 is 1.11 bits per heavy atom. The van der Waals surface area contributed by atoms with E-state index < -0.39 is 5.41 Å². The van der Waals surface area contributed by atoms with Gasteiger partial charge >= 0.3 is 0 Å². The van der Waals surface area contributed by atoms with E-state index in [4.69, 9.17) is 0 Å². The molecule has 0 bridgehead atoms. The van der Waals surface area contributed by atoms with Gasteiger partial charge in [0.1, 0.15) is 0 Å². The van der Waals surface area contributed by atoms with Gasteiger partial charge in [0, 0.05) is 38.0 Å². The summed E-state index contributed by atoms with van der Waals surface area (Å²) in [5.41, 5.74) is -0.400. The Bertz CT molecular complexity index is 524. The van der Waals surface area contributed by atoms with Gasteiger partial charge in [0.2, 0.25) is 17.7 Å². The molecule has 27 heavy (non-hydrogen) atoms. The number of piperidine rings is 1. The topological polar surface area (TPSA) is 90.5 Å². The molecule has 2 saturated heterocycles. The highest BCUT2D eigenvalue weighted by Gasteiger charge is 2.26. The first kappa shape index (κ1) is 21.7. The maximum absolute atomic E-state index is 12.4. The standard InChI is InChI=1S/C20H36N4O3/c1-20(2,3)19(27)22-11-5-9-17(25)24-12-6-7-15(14-24)13-23-18(26)16-8-4-10-21-16/h15-16,21H,4-14H2,1-3H3,(H,22,27)(H,23,26). The molecule has 0 saturated carbocycles. The van der Waals surface area contributed by atoms with E-state index in [-0.39, 0.29) is 23.8 Å². The molecule has 3 amide bonds. The summed E-state index contributed by atoms with van der Waals surface area (Å²) < 4.78 is 0. The minimum Gasteiger partial charge on any atom is -0.356 e. The van der Waals surface area contributed by atoms with Gasteiger partial charge in [-0.2, -0.15) is 0 Å². The van der Waals surface area contributed by atoms with E-state index in [0.717, 1.165) is 38.8 Å². The highest BCUT2D eigenvalue weighted by atomic mass is 16.2. The van der Waals surface area contributed by atoms with Crippen LogP contribution >= 0.6 is 0 Å². The second-order valence-electron chi connectivity index (χ2n) is 8.85. The molecule has 3 N–H and O–H groups in total. The first-order valence-electron chi connectivity index (χ1n) is 10.3. The van der Waals surface area contributed by atoms with Gasteiger partial charge in [0.25, 0.3) is 0 Å². The van der Waals surface area contributed by atoms with Crippen molar-refractivity contribution in [1.29, 1.82) is 0 Å². The Morgan fingerprint density at radius 2 is 1.89 bits per heavy atom. The normalized spacial score (nSPS) is 23.1.